The largest absolute Gasteiger partial charge is 0.321 e. The van der Waals surface area contributed by atoms with E-state index in [1.807, 2.05) is 37.7 Å². The minimum atomic E-state index is -0.149. The molecule has 0 saturated heterocycles. The van der Waals surface area contributed by atoms with E-state index in [2.05, 4.69) is 41.6 Å². The fourth-order valence-corrected chi connectivity index (χ4v) is 4.61. The van der Waals surface area contributed by atoms with Crippen LogP contribution in [0.1, 0.15) is 32.7 Å². The van der Waals surface area contributed by atoms with E-state index < -0.39 is 0 Å². The molecule has 0 radical (unpaired) electrons. The number of amides is 1. The Morgan fingerprint density at radius 3 is 2.54 bits per heavy atom. The summed E-state index contributed by atoms with van der Waals surface area (Å²) in [7, 11) is 1.91. The van der Waals surface area contributed by atoms with Crippen LogP contribution < -0.4 is 5.32 Å². The van der Waals surface area contributed by atoms with Crippen molar-refractivity contribution in [3.05, 3.63) is 64.3 Å². The van der Waals surface area contributed by atoms with Crippen molar-refractivity contribution < 1.29 is 4.79 Å². The van der Waals surface area contributed by atoms with Crippen LogP contribution in [0.15, 0.2) is 41.3 Å². The highest BCUT2D eigenvalue weighted by atomic mass is 32.2. The number of nitrogens with one attached hydrogen (secondary N) is 1. The van der Waals surface area contributed by atoms with Crippen LogP contribution in [-0.2, 0) is 12.8 Å². The number of benzene rings is 2. The Bertz CT molecular complexity index is 1020. The molecule has 26 heavy (non-hydrogen) atoms. The molecule has 5 heteroatoms. The van der Waals surface area contributed by atoms with Crippen LogP contribution in [-0.4, -0.2) is 15.7 Å². The first-order valence-electron chi connectivity index (χ1n) is 8.61. The molecule has 2 aromatic carbocycles. The third kappa shape index (κ3) is 2.92. The first-order valence-corrected chi connectivity index (χ1v) is 9.60. The van der Waals surface area contributed by atoms with Gasteiger partial charge in [0.25, 0.3) is 5.91 Å². The minimum absolute atomic E-state index is 0.149. The Morgan fingerprint density at radius 1 is 1.08 bits per heavy atom. The molecule has 3 aromatic rings. The lowest BCUT2D eigenvalue weighted by Gasteiger charge is -2.18. The quantitative estimate of drug-likeness (QED) is 0.706. The van der Waals surface area contributed by atoms with E-state index in [-0.39, 0.29) is 5.91 Å². The molecule has 1 amide bonds. The Balaban J connectivity index is 1.73. The van der Waals surface area contributed by atoms with Crippen molar-refractivity contribution in [2.75, 3.05) is 5.32 Å². The molecule has 0 aliphatic carbocycles. The van der Waals surface area contributed by atoms with E-state index in [1.165, 1.54) is 10.5 Å². The highest BCUT2D eigenvalue weighted by molar-refractivity contribution is 7.98. The van der Waals surface area contributed by atoms with Crippen molar-refractivity contribution >= 4 is 23.4 Å². The lowest BCUT2D eigenvalue weighted by atomic mass is 10.0. The molecule has 1 aromatic heterocycles. The second-order valence-electron chi connectivity index (χ2n) is 6.92. The number of aromatic nitrogens is 2. The Kier molecular flexibility index (Phi) is 4.11. The predicted molar refractivity (Wildman–Crippen MR) is 107 cm³/mol. The van der Waals surface area contributed by atoms with Gasteiger partial charge in [-0.25, -0.2) is 0 Å². The highest BCUT2D eigenvalue weighted by Gasteiger charge is 2.27. The second-order valence-corrected chi connectivity index (χ2v) is 7.94. The van der Waals surface area contributed by atoms with Crippen molar-refractivity contribution in [3.8, 4) is 11.3 Å². The predicted octanol–water partition coefficient (Wildman–Crippen LogP) is 4.87. The minimum Gasteiger partial charge on any atom is -0.321 e. The maximum absolute atomic E-state index is 12.9. The van der Waals surface area contributed by atoms with Gasteiger partial charge in [0, 0.05) is 34.5 Å². The summed E-state index contributed by atoms with van der Waals surface area (Å²) in [5.74, 6) is 0.609. The molecule has 0 atom stereocenters. The van der Waals surface area contributed by atoms with Crippen LogP contribution >= 0.6 is 11.8 Å². The molecule has 2 heterocycles. The van der Waals surface area contributed by atoms with Crippen LogP contribution in [0.3, 0.4) is 0 Å². The summed E-state index contributed by atoms with van der Waals surface area (Å²) in [5.41, 5.74) is 8.02. The third-order valence-corrected chi connectivity index (χ3v) is 5.70. The smallest absolute Gasteiger partial charge is 0.276 e. The average molecular weight is 363 g/mol. The van der Waals surface area contributed by atoms with E-state index >= 15 is 0 Å². The van der Waals surface area contributed by atoms with Crippen LogP contribution in [0, 0.1) is 20.8 Å². The second kappa shape index (κ2) is 6.32. The molecule has 1 N–H and O–H groups in total. The van der Waals surface area contributed by atoms with Gasteiger partial charge in [0.2, 0.25) is 0 Å². The van der Waals surface area contributed by atoms with E-state index in [1.54, 1.807) is 11.8 Å². The van der Waals surface area contributed by atoms with E-state index in [4.69, 9.17) is 0 Å². The zero-order chi connectivity index (χ0) is 18.4. The summed E-state index contributed by atoms with van der Waals surface area (Å²) in [6.07, 6.45) is 0. The normalized spacial score (nSPS) is 12.5. The molecule has 0 saturated carbocycles. The number of anilines is 1. The number of aryl methyl sites for hydroxylation is 4. The Hall–Kier alpha value is -2.53. The molecule has 0 bridgehead atoms. The molecule has 1 aliphatic rings. The number of rotatable bonds is 2. The van der Waals surface area contributed by atoms with Gasteiger partial charge in [0.1, 0.15) is 0 Å². The van der Waals surface area contributed by atoms with Gasteiger partial charge in [-0.05, 0) is 56.2 Å². The molecule has 0 unspecified atom stereocenters. The summed E-state index contributed by atoms with van der Waals surface area (Å²) in [5, 5.41) is 7.57. The fraction of sp³-hybridized carbons (Fsp3) is 0.238. The molecular weight excluding hydrogens is 342 g/mol. The van der Waals surface area contributed by atoms with Crippen LogP contribution in [0.5, 0.6) is 0 Å². The molecule has 4 rings (SSSR count). The summed E-state index contributed by atoms with van der Waals surface area (Å²) in [6, 6.07) is 12.5. The lowest BCUT2D eigenvalue weighted by Crippen LogP contribution is -2.15. The summed E-state index contributed by atoms with van der Waals surface area (Å²) < 4.78 is 1.84. The number of thioether (sulfide) groups is 1. The number of hydrogen-bond acceptors (Lipinski definition) is 3. The third-order valence-electron chi connectivity index (χ3n) is 4.60. The topological polar surface area (TPSA) is 46.9 Å². The van der Waals surface area contributed by atoms with Gasteiger partial charge in [-0.2, -0.15) is 5.10 Å². The fourth-order valence-electron chi connectivity index (χ4n) is 3.57. The first-order chi connectivity index (χ1) is 12.4. The van der Waals surface area contributed by atoms with E-state index in [0.717, 1.165) is 39.4 Å². The van der Waals surface area contributed by atoms with Crippen LogP contribution in [0.2, 0.25) is 0 Å². The zero-order valence-electron chi connectivity index (χ0n) is 15.4. The van der Waals surface area contributed by atoms with Crippen molar-refractivity contribution in [1.82, 2.24) is 9.78 Å². The monoisotopic (exact) mass is 363 g/mol. The SMILES string of the molecule is Cc1cc(C)cc(NC(=O)c2nn(C)c3c2CSc2ccc(C)cc2-3)c1. The number of carbonyl (C=O) groups is 1. The van der Waals surface area contributed by atoms with Gasteiger partial charge in [0.05, 0.1) is 5.69 Å². The summed E-state index contributed by atoms with van der Waals surface area (Å²) in [6.45, 7) is 6.14. The van der Waals surface area contributed by atoms with Gasteiger partial charge < -0.3 is 5.32 Å². The van der Waals surface area contributed by atoms with Gasteiger partial charge in [-0.15, -0.1) is 11.8 Å². The molecular formula is C21H21N3OS. The van der Waals surface area contributed by atoms with Crippen molar-refractivity contribution in [1.29, 1.82) is 0 Å². The average Bonchev–Trinajstić information content (AvgIpc) is 2.91. The highest BCUT2D eigenvalue weighted by Crippen LogP contribution is 2.43. The van der Waals surface area contributed by atoms with E-state index in [0.29, 0.717) is 5.69 Å². The number of nitrogens with zero attached hydrogens (tertiary/aromatic N) is 2. The van der Waals surface area contributed by atoms with Crippen molar-refractivity contribution in [2.45, 2.75) is 31.4 Å². The summed E-state index contributed by atoms with van der Waals surface area (Å²) in [4.78, 5) is 14.1. The standard InChI is InChI=1S/C21H21N3OS/c1-12-5-6-18-16(10-12)20-17(11-26-18)19(23-24(20)4)21(25)22-15-8-13(2)7-14(3)9-15/h5-10H,11H2,1-4H3,(H,22,25). The molecule has 0 spiro atoms. The van der Waals surface area contributed by atoms with Gasteiger partial charge in [-0.1, -0.05) is 17.7 Å². The lowest BCUT2D eigenvalue weighted by molar-refractivity contribution is 0.102. The Morgan fingerprint density at radius 2 is 1.81 bits per heavy atom. The molecule has 132 valence electrons. The molecule has 4 nitrogen and oxygen atoms in total. The maximum Gasteiger partial charge on any atom is 0.276 e. The van der Waals surface area contributed by atoms with Crippen LogP contribution in [0.4, 0.5) is 5.69 Å². The van der Waals surface area contributed by atoms with Crippen LogP contribution in [0.25, 0.3) is 11.3 Å². The number of fused-ring (bicyclic) bond motifs is 3. The molecule has 1 aliphatic heterocycles. The van der Waals surface area contributed by atoms with Gasteiger partial charge in [-0.3, -0.25) is 9.48 Å². The number of hydrogen-bond donors (Lipinski definition) is 1. The number of carbonyl (C=O) groups excluding carboxylic acids is 1. The van der Waals surface area contributed by atoms with Gasteiger partial charge >= 0.3 is 0 Å². The Labute approximate surface area is 157 Å². The molecule has 0 fully saturated rings. The van der Waals surface area contributed by atoms with Crippen molar-refractivity contribution in [2.24, 2.45) is 7.05 Å². The van der Waals surface area contributed by atoms with E-state index in [9.17, 15) is 4.79 Å². The first kappa shape index (κ1) is 16.9. The van der Waals surface area contributed by atoms with Crippen molar-refractivity contribution in [3.63, 3.8) is 0 Å². The maximum atomic E-state index is 12.9. The summed E-state index contributed by atoms with van der Waals surface area (Å²) >= 11 is 1.76. The zero-order valence-corrected chi connectivity index (χ0v) is 16.2. The van der Waals surface area contributed by atoms with Gasteiger partial charge in [0.15, 0.2) is 5.69 Å².